The predicted molar refractivity (Wildman–Crippen MR) is 105 cm³/mol. The van der Waals surface area contributed by atoms with Crippen LogP contribution >= 0.6 is 11.6 Å². The molecule has 0 saturated heterocycles. The molecular weight excluding hydrogens is 366 g/mol. The lowest BCUT2D eigenvalue weighted by atomic mass is 9.87. The Balaban J connectivity index is 1.81. The number of non-ortho nitro benzene ring substituents is 1. The van der Waals surface area contributed by atoms with Crippen molar-refractivity contribution < 1.29 is 9.34 Å². The fourth-order valence-electron chi connectivity index (χ4n) is 2.45. The van der Waals surface area contributed by atoms with Crippen LogP contribution in [-0.2, 0) is 5.41 Å². The van der Waals surface area contributed by atoms with Crippen molar-refractivity contribution in [2.24, 2.45) is 0 Å². The molecule has 27 heavy (non-hydrogen) atoms. The zero-order valence-electron chi connectivity index (χ0n) is 15.1. The first-order valence-electron chi connectivity index (χ1n) is 8.30. The minimum Gasteiger partial charge on any atom is -0.415 e. The van der Waals surface area contributed by atoms with E-state index in [1.54, 1.807) is 18.2 Å². The molecule has 0 aliphatic carbocycles. The van der Waals surface area contributed by atoms with Gasteiger partial charge in [0.15, 0.2) is 0 Å². The molecule has 0 bridgehead atoms. The summed E-state index contributed by atoms with van der Waals surface area (Å²) in [6.07, 6.45) is 1.75. The second kappa shape index (κ2) is 7.32. The number of aromatic nitrogens is 2. The molecule has 0 saturated carbocycles. The van der Waals surface area contributed by atoms with Crippen LogP contribution < -0.4 is 0 Å². The Bertz CT molecular complexity index is 985. The zero-order chi connectivity index (χ0) is 19.6. The summed E-state index contributed by atoms with van der Waals surface area (Å²) in [7, 11) is 0. The molecule has 0 radical (unpaired) electrons. The van der Waals surface area contributed by atoms with E-state index in [0.29, 0.717) is 10.6 Å². The van der Waals surface area contributed by atoms with Gasteiger partial charge in [-0.1, -0.05) is 56.6 Å². The molecule has 0 aliphatic rings. The fraction of sp³-hybridized carbons (Fsp3) is 0.200. The lowest BCUT2D eigenvalue weighted by Gasteiger charge is -2.18. The average molecular weight is 384 g/mol. The monoisotopic (exact) mass is 383 g/mol. The van der Waals surface area contributed by atoms with E-state index in [0.717, 1.165) is 5.56 Å². The smallest absolute Gasteiger partial charge is 0.269 e. The van der Waals surface area contributed by atoms with Gasteiger partial charge in [0.25, 0.3) is 11.6 Å². The molecule has 6 nitrogen and oxygen atoms in total. The number of nitro benzene ring substituents is 1. The Morgan fingerprint density at radius 1 is 1.07 bits per heavy atom. The van der Waals surface area contributed by atoms with E-state index in [2.05, 4.69) is 43.1 Å². The molecule has 7 heteroatoms. The van der Waals surface area contributed by atoms with Gasteiger partial charge in [0.05, 0.1) is 4.92 Å². The van der Waals surface area contributed by atoms with Crippen molar-refractivity contribution in [1.82, 2.24) is 10.2 Å². The van der Waals surface area contributed by atoms with Crippen LogP contribution in [0.25, 0.3) is 22.6 Å². The van der Waals surface area contributed by atoms with E-state index in [4.69, 9.17) is 16.0 Å². The summed E-state index contributed by atoms with van der Waals surface area (Å²) in [5.74, 6) is 0.430. The molecule has 1 aromatic heterocycles. The van der Waals surface area contributed by atoms with Gasteiger partial charge in [-0.3, -0.25) is 10.1 Å². The third-order valence-electron chi connectivity index (χ3n) is 4.02. The number of hydrogen-bond donors (Lipinski definition) is 0. The van der Waals surface area contributed by atoms with Gasteiger partial charge < -0.3 is 4.42 Å². The second-order valence-electron chi connectivity index (χ2n) is 7.08. The standard InChI is InChI=1S/C20H18ClN3O3/c1-20(2,3)15-8-4-13(5-9-15)12-17(21)19-23-22-18(27-19)14-6-10-16(11-7-14)24(25)26/h4-12H,1-3H3/b17-12-. The Kier molecular flexibility index (Phi) is 5.10. The predicted octanol–water partition coefficient (Wildman–Crippen LogP) is 5.68. The summed E-state index contributed by atoms with van der Waals surface area (Å²) in [5.41, 5.74) is 2.81. The first-order chi connectivity index (χ1) is 12.7. The van der Waals surface area contributed by atoms with Gasteiger partial charge in [-0.15, -0.1) is 10.2 Å². The molecular formula is C20H18ClN3O3. The summed E-state index contributed by atoms with van der Waals surface area (Å²) in [6, 6.07) is 14.0. The lowest BCUT2D eigenvalue weighted by Crippen LogP contribution is -2.10. The summed E-state index contributed by atoms with van der Waals surface area (Å²) < 4.78 is 5.59. The molecule has 0 N–H and O–H groups in total. The zero-order valence-corrected chi connectivity index (χ0v) is 15.9. The van der Waals surface area contributed by atoms with Crippen LogP contribution in [0, 0.1) is 10.1 Å². The Hall–Kier alpha value is -2.99. The van der Waals surface area contributed by atoms with Crippen molar-refractivity contribution in [3.05, 3.63) is 75.7 Å². The van der Waals surface area contributed by atoms with Crippen molar-refractivity contribution in [1.29, 1.82) is 0 Å². The van der Waals surface area contributed by atoms with Gasteiger partial charge in [0.1, 0.15) is 5.03 Å². The maximum Gasteiger partial charge on any atom is 0.269 e. The topological polar surface area (TPSA) is 82.1 Å². The third-order valence-corrected chi connectivity index (χ3v) is 4.30. The van der Waals surface area contributed by atoms with Crippen molar-refractivity contribution in [2.75, 3.05) is 0 Å². The minimum absolute atomic E-state index is 0.00452. The highest BCUT2D eigenvalue weighted by Gasteiger charge is 2.14. The minimum atomic E-state index is -0.465. The maximum absolute atomic E-state index is 10.7. The first kappa shape index (κ1) is 18.8. The number of rotatable bonds is 4. The van der Waals surface area contributed by atoms with Crippen molar-refractivity contribution in [3.63, 3.8) is 0 Å². The number of nitro groups is 1. The molecule has 0 spiro atoms. The molecule has 0 unspecified atom stereocenters. The molecule has 2 aromatic carbocycles. The van der Waals surface area contributed by atoms with Crippen LogP contribution in [0.15, 0.2) is 52.9 Å². The molecule has 0 atom stereocenters. The van der Waals surface area contributed by atoms with E-state index in [9.17, 15) is 10.1 Å². The highest BCUT2D eigenvalue weighted by atomic mass is 35.5. The normalized spacial score (nSPS) is 12.2. The van der Waals surface area contributed by atoms with E-state index < -0.39 is 4.92 Å². The number of halogens is 1. The Morgan fingerprint density at radius 3 is 2.26 bits per heavy atom. The fourth-order valence-corrected chi connectivity index (χ4v) is 2.65. The van der Waals surface area contributed by atoms with Gasteiger partial charge in [-0.05, 0) is 34.8 Å². The molecule has 3 rings (SSSR count). The van der Waals surface area contributed by atoms with Gasteiger partial charge in [0, 0.05) is 17.7 Å². The van der Waals surface area contributed by atoms with Crippen molar-refractivity contribution in [3.8, 4) is 11.5 Å². The van der Waals surface area contributed by atoms with E-state index in [1.165, 1.54) is 17.7 Å². The number of benzene rings is 2. The molecule has 3 aromatic rings. The molecule has 138 valence electrons. The van der Waals surface area contributed by atoms with E-state index >= 15 is 0 Å². The quantitative estimate of drug-likeness (QED) is 0.427. The van der Waals surface area contributed by atoms with Crippen LogP contribution in [0.3, 0.4) is 0 Å². The van der Waals surface area contributed by atoms with Crippen molar-refractivity contribution in [2.45, 2.75) is 26.2 Å². The van der Waals surface area contributed by atoms with Crippen LogP contribution in [0.5, 0.6) is 0 Å². The van der Waals surface area contributed by atoms with Crippen LogP contribution in [0.4, 0.5) is 5.69 Å². The molecule has 0 amide bonds. The van der Waals surface area contributed by atoms with Gasteiger partial charge in [-0.2, -0.15) is 0 Å². The first-order valence-corrected chi connectivity index (χ1v) is 8.68. The van der Waals surface area contributed by atoms with Crippen molar-refractivity contribution >= 4 is 28.4 Å². The Labute approximate surface area is 161 Å². The highest BCUT2D eigenvalue weighted by Crippen LogP contribution is 2.27. The SMILES string of the molecule is CC(C)(C)c1ccc(/C=C(\Cl)c2nnc(-c3ccc([N+](=O)[O-])cc3)o2)cc1. The maximum atomic E-state index is 10.7. The van der Waals surface area contributed by atoms with Crippen LogP contribution in [0.2, 0.25) is 0 Å². The van der Waals surface area contributed by atoms with Gasteiger partial charge in [-0.25, -0.2) is 0 Å². The lowest BCUT2D eigenvalue weighted by molar-refractivity contribution is -0.384. The molecule has 0 fully saturated rings. The third kappa shape index (κ3) is 4.41. The van der Waals surface area contributed by atoms with E-state index in [1.807, 2.05) is 12.1 Å². The van der Waals surface area contributed by atoms with Gasteiger partial charge in [0.2, 0.25) is 5.89 Å². The molecule has 1 heterocycles. The second-order valence-corrected chi connectivity index (χ2v) is 7.49. The highest BCUT2D eigenvalue weighted by molar-refractivity contribution is 6.50. The molecule has 0 aliphatic heterocycles. The van der Waals surface area contributed by atoms with E-state index in [-0.39, 0.29) is 22.9 Å². The summed E-state index contributed by atoms with van der Waals surface area (Å²) in [4.78, 5) is 10.3. The summed E-state index contributed by atoms with van der Waals surface area (Å²) >= 11 is 6.31. The number of hydrogen-bond acceptors (Lipinski definition) is 5. The average Bonchev–Trinajstić information content (AvgIpc) is 3.12. The summed E-state index contributed by atoms with van der Waals surface area (Å²) in [5, 5.41) is 19.0. The Morgan fingerprint density at radius 2 is 1.70 bits per heavy atom. The van der Waals surface area contributed by atoms with Gasteiger partial charge >= 0.3 is 0 Å². The largest absolute Gasteiger partial charge is 0.415 e. The van der Waals surface area contributed by atoms with Crippen LogP contribution in [-0.4, -0.2) is 15.1 Å². The number of nitrogens with zero attached hydrogens (tertiary/aromatic N) is 3. The summed E-state index contributed by atoms with van der Waals surface area (Å²) in [6.45, 7) is 6.47. The van der Waals surface area contributed by atoms with Crippen LogP contribution in [0.1, 0.15) is 37.8 Å².